The first-order valence-corrected chi connectivity index (χ1v) is 11.5. The number of hydrogen-bond acceptors (Lipinski definition) is 6. The zero-order valence-electron chi connectivity index (χ0n) is 18.0. The van der Waals surface area contributed by atoms with Gasteiger partial charge in [0, 0.05) is 37.8 Å². The van der Waals surface area contributed by atoms with Crippen LogP contribution in [0.3, 0.4) is 0 Å². The fourth-order valence-corrected chi connectivity index (χ4v) is 4.79. The van der Waals surface area contributed by atoms with E-state index in [1.807, 2.05) is 6.92 Å². The summed E-state index contributed by atoms with van der Waals surface area (Å²) in [5.41, 5.74) is 0.571. The molecule has 0 unspecified atom stereocenters. The molecule has 32 heavy (non-hydrogen) atoms. The maximum absolute atomic E-state index is 13.2. The van der Waals surface area contributed by atoms with E-state index < -0.39 is 11.2 Å². The molecular weight excluding hydrogens is 452 g/mol. The van der Waals surface area contributed by atoms with E-state index in [9.17, 15) is 14.4 Å². The normalized spacial score (nSPS) is 15.9. The minimum atomic E-state index is -0.425. The third-order valence-corrected chi connectivity index (χ3v) is 6.76. The zero-order valence-corrected chi connectivity index (χ0v) is 19.6. The summed E-state index contributed by atoms with van der Waals surface area (Å²) in [6.07, 6.45) is 2.28. The third kappa shape index (κ3) is 4.12. The molecule has 1 aromatic carbocycles. The number of aryl methyl sites for hydroxylation is 2. The van der Waals surface area contributed by atoms with Gasteiger partial charge in [-0.25, -0.2) is 9.78 Å². The van der Waals surface area contributed by atoms with E-state index in [-0.39, 0.29) is 18.4 Å². The summed E-state index contributed by atoms with van der Waals surface area (Å²) in [6.45, 7) is 2.43. The maximum Gasteiger partial charge on any atom is 0.332 e. The van der Waals surface area contributed by atoms with E-state index in [1.165, 1.54) is 17.9 Å². The Hall–Kier alpha value is -2.85. The van der Waals surface area contributed by atoms with Gasteiger partial charge in [0.15, 0.2) is 16.3 Å². The van der Waals surface area contributed by atoms with Crippen molar-refractivity contribution in [1.82, 2.24) is 18.7 Å². The Morgan fingerprint density at radius 2 is 1.94 bits per heavy atom. The minimum Gasteiger partial charge on any atom is -0.325 e. The first-order valence-electron chi connectivity index (χ1n) is 10.2. The van der Waals surface area contributed by atoms with Crippen molar-refractivity contribution in [1.29, 1.82) is 0 Å². The van der Waals surface area contributed by atoms with Crippen LogP contribution in [-0.2, 0) is 25.4 Å². The van der Waals surface area contributed by atoms with Crippen molar-refractivity contribution in [3.05, 3.63) is 56.5 Å². The molecule has 1 amide bonds. The van der Waals surface area contributed by atoms with Gasteiger partial charge in [0.1, 0.15) is 0 Å². The Kier molecular flexibility index (Phi) is 6.25. The van der Waals surface area contributed by atoms with Crippen molar-refractivity contribution in [3.63, 3.8) is 0 Å². The smallest absolute Gasteiger partial charge is 0.325 e. The molecule has 168 valence electrons. The molecule has 0 saturated heterocycles. The highest BCUT2D eigenvalue weighted by Gasteiger charge is 2.26. The molecule has 4 rings (SSSR count). The number of amides is 1. The lowest BCUT2D eigenvalue weighted by atomic mass is 10.2. The SMILES string of the molecule is C[C@@H]1CSC(N(C(=O)CCCn2cnc3c2c(=O)n(C)c(=O)n3C)c2ccc(Cl)cc2)=N1. The van der Waals surface area contributed by atoms with E-state index in [0.29, 0.717) is 34.3 Å². The number of fused-ring (bicyclic) bond motifs is 1. The van der Waals surface area contributed by atoms with Crippen molar-refractivity contribution >= 4 is 51.3 Å². The predicted octanol–water partition coefficient (Wildman–Crippen LogP) is 2.39. The largest absolute Gasteiger partial charge is 0.332 e. The second kappa shape index (κ2) is 8.95. The molecule has 0 bridgehead atoms. The number of rotatable bonds is 5. The number of amidine groups is 1. The van der Waals surface area contributed by atoms with Crippen LogP contribution in [0.15, 0.2) is 45.2 Å². The Balaban J connectivity index is 1.54. The number of aromatic nitrogens is 4. The van der Waals surface area contributed by atoms with Crippen LogP contribution in [-0.4, -0.2) is 41.6 Å². The Morgan fingerprint density at radius 1 is 1.22 bits per heavy atom. The number of thioether (sulfide) groups is 1. The molecule has 0 saturated carbocycles. The van der Waals surface area contributed by atoms with Crippen LogP contribution in [0.1, 0.15) is 19.8 Å². The molecule has 0 radical (unpaired) electrons. The molecule has 3 aromatic rings. The lowest BCUT2D eigenvalue weighted by molar-refractivity contribution is -0.117. The van der Waals surface area contributed by atoms with Gasteiger partial charge in [-0.2, -0.15) is 0 Å². The summed E-state index contributed by atoms with van der Waals surface area (Å²) in [5.74, 6) is 0.743. The van der Waals surface area contributed by atoms with Gasteiger partial charge in [-0.3, -0.25) is 28.6 Å². The summed E-state index contributed by atoms with van der Waals surface area (Å²) < 4.78 is 4.10. The quantitative estimate of drug-likeness (QED) is 0.566. The Labute approximate surface area is 193 Å². The molecule has 2 aromatic heterocycles. The van der Waals surface area contributed by atoms with Crippen molar-refractivity contribution in [2.24, 2.45) is 19.1 Å². The second-order valence-corrected chi connectivity index (χ2v) is 9.12. The second-order valence-electron chi connectivity index (χ2n) is 7.70. The van der Waals surface area contributed by atoms with E-state index in [2.05, 4.69) is 9.98 Å². The van der Waals surface area contributed by atoms with E-state index in [0.717, 1.165) is 16.0 Å². The highest BCUT2D eigenvalue weighted by molar-refractivity contribution is 8.14. The summed E-state index contributed by atoms with van der Waals surface area (Å²) in [5, 5.41) is 1.28. The molecule has 0 N–H and O–H groups in total. The predicted molar refractivity (Wildman–Crippen MR) is 128 cm³/mol. The monoisotopic (exact) mass is 474 g/mol. The lowest BCUT2D eigenvalue weighted by Gasteiger charge is -2.22. The summed E-state index contributed by atoms with van der Waals surface area (Å²) >= 11 is 7.57. The first kappa shape index (κ1) is 22.3. The zero-order chi connectivity index (χ0) is 23.0. The van der Waals surface area contributed by atoms with Gasteiger partial charge >= 0.3 is 5.69 Å². The van der Waals surface area contributed by atoms with Crippen molar-refractivity contribution in [2.45, 2.75) is 32.4 Å². The lowest BCUT2D eigenvalue weighted by Crippen LogP contribution is -2.37. The van der Waals surface area contributed by atoms with Crippen LogP contribution in [0.5, 0.6) is 0 Å². The fourth-order valence-electron chi connectivity index (χ4n) is 3.61. The van der Waals surface area contributed by atoms with Crippen LogP contribution < -0.4 is 16.1 Å². The molecule has 11 heteroatoms. The van der Waals surface area contributed by atoms with Crippen LogP contribution in [0.25, 0.3) is 11.2 Å². The van der Waals surface area contributed by atoms with Gasteiger partial charge in [-0.1, -0.05) is 23.4 Å². The van der Waals surface area contributed by atoms with Crippen LogP contribution in [0.4, 0.5) is 5.69 Å². The first-order chi connectivity index (χ1) is 15.3. The number of nitrogens with zero attached hydrogens (tertiary/aromatic N) is 6. The number of halogens is 1. The molecule has 0 spiro atoms. The van der Waals surface area contributed by atoms with Crippen molar-refractivity contribution < 1.29 is 4.79 Å². The number of carbonyl (C=O) groups is 1. The molecule has 0 fully saturated rings. The van der Waals surface area contributed by atoms with Gasteiger partial charge in [0.2, 0.25) is 5.91 Å². The molecular formula is C21H23ClN6O3S. The fraction of sp³-hybridized carbons (Fsp3) is 0.381. The highest BCUT2D eigenvalue weighted by Crippen LogP contribution is 2.27. The van der Waals surface area contributed by atoms with Gasteiger partial charge in [-0.15, -0.1) is 0 Å². The van der Waals surface area contributed by atoms with Gasteiger partial charge < -0.3 is 4.57 Å². The number of imidazole rings is 1. The van der Waals surface area contributed by atoms with Gasteiger partial charge in [0.25, 0.3) is 5.56 Å². The average molecular weight is 475 g/mol. The number of hydrogen-bond donors (Lipinski definition) is 0. The molecule has 3 heterocycles. The molecule has 9 nitrogen and oxygen atoms in total. The van der Waals surface area contributed by atoms with Gasteiger partial charge in [-0.05, 0) is 37.6 Å². The molecule has 1 aliphatic heterocycles. The Morgan fingerprint density at radius 3 is 2.59 bits per heavy atom. The number of benzene rings is 1. The van der Waals surface area contributed by atoms with Crippen molar-refractivity contribution in [3.8, 4) is 0 Å². The Bertz CT molecular complexity index is 1320. The molecule has 0 aliphatic carbocycles. The van der Waals surface area contributed by atoms with E-state index >= 15 is 0 Å². The number of carbonyl (C=O) groups excluding carboxylic acids is 1. The van der Waals surface area contributed by atoms with Crippen LogP contribution >= 0.6 is 23.4 Å². The average Bonchev–Trinajstić information content (AvgIpc) is 3.39. The number of aliphatic imine (C=N–C) groups is 1. The van der Waals surface area contributed by atoms with Crippen LogP contribution in [0, 0.1) is 0 Å². The molecule has 1 aliphatic rings. The van der Waals surface area contributed by atoms with Gasteiger partial charge in [0.05, 0.1) is 18.1 Å². The van der Waals surface area contributed by atoms with Crippen LogP contribution in [0.2, 0.25) is 5.02 Å². The topological polar surface area (TPSA) is 94.5 Å². The standard InChI is InChI=1S/C21H23ClN6O3S/c1-13-11-32-20(24-13)28(15-8-6-14(22)7-9-15)16(29)5-4-10-27-12-23-18-17(27)19(30)26(3)21(31)25(18)2/h6-9,12-13H,4-5,10-11H2,1-3H3/t13-/m1/s1. The third-order valence-electron chi connectivity index (χ3n) is 5.32. The van der Waals surface area contributed by atoms with E-state index in [1.54, 1.807) is 52.5 Å². The summed E-state index contributed by atoms with van der Waals surface area (Å²) in [4.78, 5) is 48.4. The van der Waals surface area contributed by atoms with E-state index in [4.69, 9.17) is 11.6 Å². The minimum absolute atomic E-state index is 0.0857. The highest BCUT2D eigenvalue weighted by atomic mass is 35.5. The number of anilines is 1. The van der Waals surface area contributed by atoms with Crippen molar-refractivity contribution in [2.75, 3.05) is 10.7 Å². The summed E-state index contributed by atoms with van der Waals surface area (Å²) in [7, 11) is 3.02. The summed E-state index contributed by atoms with van der Waals surface area (Å²) in [6, 6.07) is 7.26. The maximum atomic E-state index is 13.2. The molecule has 1 atom stereocenters.